The number of phenolic OH excluding ortho intramolecular Hbond substituents is 1. The van der Waals surface area contributed by atoms with Gasteiger partial charge in [0, 0.05) is 23.8 Å². The molecule has 3 aromatic rings. The van der Waals surface area contributed by atoms with Crippen LogP contribution in [0.2, 0.25) is 0 Å². The zero-order valence-electron chi connectivity index (χ0n) is 18.7. The van der Waals surface area contributed by atoms with E-state index in [-0.39, 0.29) is 22.9 Å². The predicted octanol–water partition coefficient (Wildman–Crippen LogP) is 6.35. The number of rotatable bonds is 5. The van der Waals surface area contributed by atoms with Gasteiger partial charge in [-0.05, 0) is 59.7 Å². The maximum absolute atomic E-state index is 14.0. The summed E-state index contributed by atoms with van der Waals surface area (Å²) in [6.45, 7) is 5.25. The van der Waals surface area contributed by atoms with Crippen LogP contribution in [0.1, 0.15) is 43.9 Å². The number of ether oxygens (including phenoxy) is 1. The SMILES string of the molecule is Cc1cc(-c2c(C(C)C)nc(OC3(C(F)(F)F)CC(C(=O)O)C3)c3cc(O)ccc23)ccc1F. The summed E-state index contributed by atoms with van der Waals surface area (Å²) < 4.78 is 61.5. The number of carboxylic acid groups (broad SMARTS) is 1. The highest BCUT2D eigenvalue weighted by atomic mass is 19.4. The molecule has 0 radical (unpaired) electrons. The molecule has 1 fully saturated rings. The minimum Gasteiger partial charge on any atom is -0.508 e. The smallest absolute Gasteiger partial charge is 0.428 e. The van der Waals surface area contributed by atoms with E-state index in [2.05, 4.69) is 4.98 Å². The molecule has 1 aliphatic carbocycles. The highest BCUT2D eigenvalue weighted by Gasteiger charge is 2.66. The van der Waals surface area contributed by atoms with Crippen LogP contribution in [0.4, 0.5) is 17.6 Å². The van der Waals surface area contributed by atoms with Crippen LogP contribution in [-0.4, -0.2) is 32.9 Å². The molecule has 180 valence electrons. The van der Waals surface area contributed by atoms with Crippen LogP contribution in [0.3, 0.4) is 0 Å². The zero-order chi connectivity index (χ0) is 25.0. The number of alkyl halides is 3. The van der Waals surface area contributed by atoms with E-state index in [1.807, 2.05) is 13.8 Å². The first kappa shape index (κ1) is 23.8. The van der Waals surface area contributed by atoms with Gasteiger partial charge in [0.2, 0.25) is 11.5 Å². The summed E-state index contributed by atoms with van der Waals surface area (Å²) in [6, 6.07) is 8.73. The molecule has 0 atom stereocenters. The number of hydrogen-bond acceptors (Lipinski definition) is 4. The number of halogens is 4. The Kier molecular flexibility index (Phi) is 5.70. The van der Waals surface area contributed by atoms with Crippen LogP contribution in [0, 0.1) is 18.7 Å². The van der Waals surface area contributed by atoms with Crippen LogP contribution in [-0.2, 0) is 4.79 Å². The minimum absolute atomic E-state index is 0.142. The van der Waals surface area contributed by atoms with Crippen molar-refractivity contribution in [1.29, 1.82) is 0 Å². The number of phenols is 1. The predicted molar refractivity (Wildman–Crippen MR) is 117 cm³/mol. The normalized spacial score (nSPS) is 20.4. The first-order chi connectivity index (χ1) is 15.8. The Bertz CT molecular complexity index is 1280. The Labute approximate surface area is 193 Å². The van der Waals surface area contributed by atoms with Crippen LogP contribution < -0.4 is 4.74 Å². The van der Waals surface area contributed by atoms with Gasteiger partial charge in [0.25, 0.3) is 0 Å². The second-order valence-electron chi connectivity index (χ2n) is 9.06. The molecule has 0 bridgehead atoms. The number of aromatic hydroxyl groups is 1. The largest absolute Gasteiger partial charge is 0.508 e. The molecule has 2 aromatic carbocycles. The minimum atomic E-state index is -4.82. The van der Waals surface area contributed by atoms with E-state index in [4.69, 9.17) is 9.84 Å². The number of hydrogen-bond donors (Lipinski definition) is 2. The van der Waals surface area contributed by atoms with Crippen LogP contribution in [0.5, 0.6) is 11.6 Å². The molecule has 1 heterocycles. The molecule has 1 saturated carbocycles. The number of fused-ring (bicyclic) bond motifs is 1. The van der Waals surface area contributed by atoms with E-state index in [0.29, 0.717) is 27.8 Å². The van der Waals surface area contributed by atoms with Gasteiger partial charge in [-0.1, -0.05) is 19.9 Å². The number of carbonyl (C=O) groups is 1. The van der Waals surface area contributed by atoms with E-state index in [1.54, 1.807) is 25.1 Å². The van der Waals surface area contributed by atoms with Gasteiger partial charge in [0.05, 0.1) is 11.6 Å². The van der Waals surface area contributed by atoms with Crippen molar-refractivity contribution in [3.63, 3.8) is 0 Å². The Hall–Kier alpha value is -3.36. The molecule has 2 N–H and O–H groups in total. The Morgan fingerprint density at radius 2 is 1.82 bits per heavy atom. The Morgan fingerprint density at radius 3 is 2.38 bits per heavy atom. The average molecular weight is 477 g/mol. The number of pyridine rings is 1. The molecule has 0 spiro atoms. The topological polar surface area (TPSA) is 79.7 Å². The molecule has 5 nitrogen and oxygen atoms in total. The lowest BCUT2D eigenvalue weighted by Gasteiger charge is -2.46. The summed E-state index contributed by atoms with van der Waals surface area (Å²) in [5.41, 5.74) is -0.643. The van der Waals surface area contributed by atoms with Crippen molar-refractivity contribution < 1.29 is 37.3 Å². The molecule has 0 amide bonds. The molecule has 0 saturated heterocycles. The van der Waals surface area contributed by atoms with E-state index in [0.717, 1.165) is 0 Å². The molecule has 9 heteroatoms. The summed E-state index contributed by atoms with van der Waals surface area (Å²) in [5.74, 6) is -3.66. The summed E-state index contributed by atoms with van der Waals surface area (Å²) in [6.07, 6.45) is -6.29. The third-order valence-electron chi connectivity index (χ3n) is 6.28. The Morgan fingerprint density at radius 1 is 1.15 bits per heavy atom. The van der Waals surface area contributed by atoms with Crippen molar-refractivity contribution in [3.8, 4) is 22.8 Å². The molecule has 4 rings (SSSR count). The molecular weight excluding hydrogens is 454 g/mol. The number of benzene rings is 2. The number of aliphatic carboxylic acids is 1. The average Bonchev–Trinajstić information content (AvgIpc) is 2.70. The molecule has 1 aliphatic rings. The third-order valence-corrected chi connectivity index (χ3v) is 6.28. The third kappa shape index (κ3) is 3.93. The first-order valence-corrected chi connectivity index (χ1v) is 10.7. The van der Waals surface area contributed by atoms with Gasteiger partial charge in [0.1, 0.15) is 11.6 Å². The summed E-state index contributed by atoms with van der Waals surface area (Å²) in [4.78, 5) is 15.6. The van der Waals surface area contributed by atoms with Crippen LogP contribution in [0.25, 0.3) is 21.9 Å². The van der Waals surface area contributed by atoms with Gasteiger partial charge in [-0.2, -0.15) is 13.2 Å². The van der Waals surface area contributed by atoms with Crippen LogP contribution >= 0.6 is 0 Å². The highest BCUT2D eigenvalue weighted by Crippen LogP contribution is 2.52. The van der Waals surface area contributed by atoms with E-state index in [9.17, 15) is 27.5 Å². The highest BCUT2D eigenvalue weighted by molar-refractivity contribution is 6.01. The van der Waals surface area contributed by atoms with Crippen molar-refractivity contribution >= 4 is 16.7 Å². The standard InChI is InChI=1S/C25H23F4NO4/c1-12(2)21-20(14-4-7-19(26)13(3)8-14)17-6-5-16(31)9-18(17)22(30-21)34-24(25(27,28)29)10-15(11-24)23(32)33/h4-9,12,15,31H,10-11H2,1-3H3,(H,32,33). The van der Waals surface area contributed by atoms with Gasteiger partial charge in [0.15, 0.2) is 0 Å². The van der Waals surface area contributed by atoms with E-state index >= 15 is 0 Å². The summed E-state index contributed by atoms with van der Waals surface area (Å²) in [7, 11) is 0. The zero-order valence-corrected chi connectivity index (χ0v) is 18.7. The fraction of sp³-hybridized carbons (Fsp3) is 0.360. The number of carboxylic acids is 1. The van der Waals surface area contributed by atoms with E-state index in [1.165, 1.54) is 18.2 Å². The monoisotopic (exact) mass is 477 g/mol. The maximum atomic E-state index is 14.0. The van der Waals surface area contributed by atoms with Crippen molar-refractivity contribution in [2.45, 2.75) is 51.3 Å². The van der Waals surface area contributed by atoms with Gasteiger partial charge < -0.3 is 14.9 Å². The van der Waals surface area contributed by atoms with Crippen molar-refractivity contribution in [1.82, 2.24) is 4.98 Å². The number of nitrogens with zero attached hydrogens (tertiary/aromatic N) is 1. The fourth-order valence-corrected chi connectivity index (χ4v) is 4.36. The van der Waals surface area contributed by atoms with Crippen LogP contribution in [0.15, 0.2) is 36.4 Å². The lowest BCUT2D eigenvalue weighted by atomic mass is 9.70. The van der Waals surface area contributed by atoms with Crippen molar-refractivity contribution in [2.75, 3.05) is 0 Å². The molecule has 0 unspecified atom stereocenters. The quantitative estimate of drug-likeness (QED) is 0.419. The lowest BCUT2D eigenvalue weighted by molar-refractivity contribution is -0.286. The molecule has 34 heavy (non-hydrogen) atoms. The number of aromatic nitrogens is 1. The fourth-order valence-electron chi connectivity index (χ4n) is 4.36. The van der Waals surface area contributed by atoms with Gasteiger partial charge in [-0.25, -0.2) is 9.37 Å². The lowest BCUT2D eigenvalue weighted by Crippen LogP contribution is -2.61. The number of aryl methyl sites for hydroxylation is 1. The van der Waals surface area contributed by atoms with Crippen molar-refractivity contribution in [3.05, 3.63) is 53.5 Å². The van der Waals surface area contributed by atoms with Gasteiger partial charge >= 0.3 is 12.1 Å². The molecular formula is C25H23F4NO4. The van der Waals surface area contributed by atoms with Gasteiger partial charge in [-0.15, -0.1) is 0 Å². The second-order valence-corrected chi connectivity index (χ2v) is 9.06. The molecule has 1 aromatic heterocycles. The van der Waals surface area contributed by atoms with E-state index < -0.39 is 42.3 Å². The maximum Gasteiger partial charge on any atom is 0.428 e. The summed E-state index contributed by atoms with van der Waals surface area (Å²) >= 11 is 0. The molecule has 0 aliphatic heterocycles. The second kappa shape index (κ2) is 8.14. The van der Waals surface area contributed by atoms with Gasteiger partial charge in [-0.3, -0.25) is 4.79 Å². The first-order valence-electron chi connectivity index (χ1n) is 10.7. The Balaban J connectivity index is 1.95. The van der Waals surface area contributed by atoms with Crippen molar-refractivity contribution in [2.24, 2.45) is 5.92 Å². The summed E-state index contributed by atoms with van der Waals surface area (Å²) in [5, 5.41) is 19.8.